The maximum Gasteiger partial charge on any atom is 0.263 e. The summed E-state index contributed by atoms with van der Waals surface area (Å²) in [6, 6.07) is 6.77. The molecule has 0 spiro atoms. The van der Waals surface area contributed by atoms with Crippen LogP contribution in [0.2, 0.25) is 5.02 Å². The first-order chi connectivity index (χ1) is 9.45. The predicted molar refractivity (Wildman–Crippen MR) is 84.1 cm³/mol. The number of nitrogens with one attached hydrogen (secondary N) is 2. The zero-order valence-electron chi connectivity index (χ0n) is 11.1. The molecule has 0 aliphatic heterocycles. The number of rotatable bonds is 5. The number of hydrogen-bond acceptors (Lipinski definition) is 4. The fourth-order valence-corrected chi connectivity index (χ4v) is 5.01. The quantitative estimate of drug-likeness (QED) is 0.885. The maximum atomic E-state index is 12.5. The highest BCUT2D eigenvalue weighted by molar-refractivity contribution is 7.93. The number of para-hydroxylation sites is 1. The van der Waals surface area contributed by atoms with Crippen molar-refractivity contribution < 1.29 is 8.42 Å². The molecule has 0 amide bonds. The van der Waals surface area contributed by atoms with E-state index in [-0.39, 0.29) is 0 Å². The Kier molecular flexibility index (Phi) is 4.70. The molecule has 0 radical (unpaired) electrons. The third-order valence-corrected chi connectivity index (χ3v) is 5.87. The van der Waals surface area contributed by atoms with Gasteiger partial charge in [0.25, 0.3) is 10.0 Å². The molecule has 0 bridgehead atoms. The van der Waals surface area contributed by atoms with Gasteiger partial charge in [-0.25, -0.2) is 8.42 Å². The van der Waals surface area contributed by atoms with Crippen LogP contribution in [0.4, 0.5) is 5.69 Å². The Labute approximate surface area is 127 Å². The van der Waals surface area contributed by atoms with Gasteiger partial charge in [0, 0.05) is 11.4 Å². The first kappa shape index (κ1) is 15.3. The van der Waals surface area contributed by atoms with Crippen LogP contribution in [0.3, 0.4) is 0 Å². The Hall–Kier alpha value is -1.08. The molecule has 0 aliphatic rings. The Balaban J connectivity index is 2.41. The van der Waals surface area contributed by atoms with E-state index < -0.39 is 10.0 Å². The van der Waals surface area contributed by atoms with Crippen molar-refractivity contribution in [1.29, 1.82) is 0 Å². The van der Waals surface area contributed by atoms with Gasteiger partial charge >= 0.3 is 0 Å². The molecule has 0 fully saturated rings. The minimum Gasteiger partial charge on any atom is -0.315 e. The number of aryl methyl sites for hydroxylation is 1. The molecule has 0 atom stereocenters. The van der Waals surface area contributed by atoms with Crippen molar-refractivity contribution in [2.45, 2.75) is 18.4 Å². The van der Waals surface area contributed by atoms with Crippen LogP contribution in [0.15, 0.2) is 34.5 Å². The van der Waals surface area contributed by atoms with Gasteiger partial charge in [0.15, 0.2) is 0 Å². The molecule has 108 valence electrons. The van der Waals surface area contributed by atoms with Crippen molar-refractivity contribution in [3.05, 3.63) is 45.1 Å². The molecule has 2 N–H and O–H groups in total. The summed E-state index contributed by atoms with van der Waals surface area (Å²) in [5, 5.41) is 5.19. The van der Waals surface area contributed by atoms with Gasteiger partial charge in [-0.15, -0.1) is 11.3 Å². The number of thiophene rings is 1. The van der Waals surface area contributed by atoms with E-state index >= 15 is 0 Å². The molecule has 0 saturated heterocycles. The standard InChI is InChI=1S/C13H15ClN2O2S2/c1-9-8-19-12(7-15-2)13(9)20(17,18)16-11-6-4-3-5-10(11)14/h3-6,8,15-16H,7H2,1-2H3. The Morgan fingerprint density at radius 1 is 1.30 bits per heavy atom. The molecule has 0 saturated carbocycles. The monoisotopic (exact) mass is 330 g/mol. The molecule has 20 heavy (non-hydrogen) atoms. The van der Waals surface area contributed by atoms with E-state index in [0.29, 0.717) is 22.2 Å². The van der Waals surface area contributed by atoms with Crippen LogP contribution >= 0.6 is 22.9 Å². The topological polar surface area (TPSA) is 58.2 Å². The Bertz CT molecular complexity index is 711. The molecule has 1 heterocycles. The zero-order valence-corrected chi connectivity index (χ0v) is 13.5. The molecular weight excluding hydrogens is 316 g/mol. The average molecular weight is 331 g/mol. The Morgan fingerprint density at radius 2 is 2.00 bits per heavy atom. The third kappa shape index (κ3) is 3.15. The summed E-state index contributed by atoms with van der Waals surface area (Å²) < 4.78 is 27.6. The molecule has 7 heteroatoms. The third-order valence-electron chi connectivity index (χ3n) is 2.71. The smallest absolute Gasteiger partial charge is 0.263 e. The van der Waals surface area contributed by atoms with Crippen LogP contribution in [-0.4, -0.2) is 15.5 Å². The van der Waals surface area contributed by atoms with Crippen molar-refractivity contribution in [1.82, 2.24) is 5.32 Å². The van der Waals surface area contributed by atoms with Crippen LogP contribution < -0.4 is 10.0 Å². The minimum absolute atomic E-state index is 0.330. The van der Waals surface area contributed by atoms with Crippen LogP contribution in [0.5, 0.6) is 0 Å². The first-order valence-corrected chi connectivity index (χ1v) is 8.68. The summed E-state index contributed by atoms with van der Waals surface area (Å²) in [6.45, 7) is 2.30. The lowest BCUT2D eigenvalue weighted by Gasteiger charge is -2.11. The second kappa shape index (κ2) is 6.13. The zero-order chi connectivity index (χ0) is 14.8. The molecular formula is C13H15ClN2O2S2. The van der Waals surface area contributed by atoms with Crippen LogP contribution in [-0.2, 0) is 16.6 Å². The van der Waals surface area contributed by atoms with Crippen molar-refractivity contribution >= 4 is 38.6 Å². The fraction of sp³-hybridized carbons (Fsp3) is 0.231. The number of benzene rings is 1. The fourth-order valence-electron chi connectivity index (χ4n) is 1.87. The van der Waals surface area contributed by atoms with E-state index in [1.165, 1.54) is 11.3 Å². The van der Waals surface area contributed by atoms with E-state index in [9.17, 15) is 8.42 Å². The molecule has 2 rings (SSSR count). The van der Waals surface area contributed by atoms with Crippen molar-refractivity contribution in [2.24, 2.45) is 0 Å². The highest BCUT2D eigenvalue weighted by atomic mass is 35.5. The van der Waals surface area contributed by atoms with Gasteiger partial charge in [-0.3, -0.25) is 4.72 Å². The largest absolute Gasteiger partial charge is 0.315 e. The van der Waals surface area contributed by atoms with Gasteiger partial charge in [0.1, 0.15) is 4.90 Å². The summed E-state index contributed by atoms with van der Waals surface area (Å²) >= 11 is 7.42. The van der Waals surface area contributed by atoms with Gasteiger partial charge in [-0.1, -0.05) is 23.7 Å². The first-order valence-electron chi connectivity index (χ1n) is 5.94. The maximum absolute atomic E-state index is 12.5. The molecule has 2 aromatic rings. The summed E-state index contributed by atoms with van der Waals surface area (Å²) in [5.41, 5.74) is 1.12. The predicted octanol–water partition coefficient (Wildman–Crippen LogP) is 3.23. The molecule has 1 aromatic heterocycles. The summed E-state index contributed by atoms with van der Waals surface area (Å²) in [5.74, 6) is 0. The summed E-state index contributed by atoms with van der Waals surface area (Å²) in [6.07, 6.45) is 0. The highest BCUT2D eigenvalue weighted by Gasteiger charge is 2.23. The number of hydrogen-bond donors (Lipinski definition) is 2. The van der Waals surface area contributed by atoms with E-state index in [1.54, 1.807) is 38.2 Å². The molecule has 4 nitrogen and oxygen atoms in total. The van der Waals surface area contributed by atoms with Gasteiger partial charge in [-0.2, -0.15) is 0 Å². The van der Waals surface area contributed by atoms with Gasteiger partial charge in [0.2, 0.25) is 0 Å². The van der Waals surface area contributed by atoms with Crippen LogP contribution in [0.1, 0.15) is 10.4 Å². The minimum atomic E-state index is -3.64. The van der Waals surface area contributed by atoms with Crippen molar-refractivity contribution in [3.8, 4) is 0 Å². The van der Waals surface area contributed by atoms with E-state index in [0.717, 1.165) is 10.4 Å². The lowest BCUT2D eigenvalue weighted by atomic mass is 10.3. The van der Waals surface area contributed by atoms with E-state index in [1.807, 2.05) is 5.38 Å². The normalized spacial score (nSPS) is 11.6. The SMILES string of the molecule is CNCc1scc(C)c1S(=O)(=O)Nc1ccccc1Cl. The number of anilines is 1. The molecule has 1 aromatic carbocycles. The van der Waals surface area contributed by atoms with Crippen molar-refractivity contribution in [2.75, 3.05) is 11.8 Å². The average Bonchev–Trinajstić information content (AvgIpc) is 2.74. The summed E-state index contributed by atoms with van der Waals surface area (Å²) in [7, 11) is -1.86. The summed E-state index contributed by atoms with van der Waals surface area (Å²) in [4.78, 5) is 1.11. The number of sulfonamides is 1. The van der Waals surface area contributed by atoms with Gasteiger partial charge < -0.3 is 5.32 Å². The van der Waals surface area contributed by atoms with Crippen LogP contribution in [0.25, 0.3) is 0 Å². The second-order valence-electron chi connectivity index (χ2n) is 4.29. The van der Waals surface area contributed by atoms with E-state index in [4.69, 9.17) is 11.6 Å². The molecule has 0 aliphatic carbocycles. The molecule has 0 unspecified atom stereocenters. The van der Waals surface area contributed by atoms with Gasteiger partial charge in [-0.05, 0) is 37.0 Å². The Morgan fingerprint density at radius 3 is 2.65 bits per heavy atom. The van der Waals surface area contributed by atoms with Gasteiger partial charge in [0.05, 0.1) is 10.7 Å². The second-order valence-corrected chi connectivity index (χ2v) is 7.28. The highest BCUT2D eigenvalue weighted by Crippen LogP contribution is 2.30. The lowest BCUT2D eigenvalue weighted by molar-refractivity contribution is 0.599. The van der Waals surface area contributed by atoms with Crippen molar-refractivity contribution in [3.63, 3.8) is 0 Å². The van der Waals surface area contributed by atoms with Crippen LogP contribution in [0, 0.1) is 6.92 Å². The van der Waals surface area contributed by atoms with E-state index in [2.05, 4.69) is 10.0 Å². The lowest BCUT2D eigenvalue weighted by Crippen LogP contribution is -2.16. The number of halogens is 1.